The van der Waals surface area contributed by atoms with Gasteiger partial charge in [0.1, 0.15) is 5.65 Å². The quantitative estimate of drug-likeness (QED) is 0.389. The largest absolute Gasteiger partial charge is 0.480 e. The number of aromatic amines is 1. The number of hydrogen-bond donors (Lipinski definition) is 2. The SMILES string of the molecule is COc1nc(Nc2ccc(CN3CCC(C)CC3)cc2)nc2[nH]cc(-c3cccc(C)c3)c12. The van der Waals surface area contributed by atoms with Crippen LogP contribution in [-0.2, 0) is 6.54 Å². The molecule has 0 saturated carbocycles. The molecule has 0 atom stereocenters. The summed E-state index contributed by atoms with van der Waals surface area (Å²) in [6.45, 7) is 7.83. The second-order valence-corrected chi connectivity index (χ2v) is 9.13. The summed E-state index contributed by atoms with van der Waals surface area (Å²) < 4.78 is 5.65. The maximum Gasteiger partial charge on any atom is 0.232 e. The van der Waals surface area contributed by atoms with Gasteiger partial charge in [-0.1, -0.05) is 48.9 Å². The standard InChI is InChI=1S/C27H31N5O/c1-18-11-13-32(14-12-18)17-20-7-9-22(10-8-20)29-27-30-25-24(26(31-27)33-3)23(16-28-25)21-6-4-5-19(2)15-21/h4-10,15-16,18H,11-14,17H2,1-3H3,(H2,28,29,30,31). The van der Waals surface area contributed by atoms with Crippen LogP contribution in [0.3, 0.4) is 0 Å². The van der Waals surface area contributed by atoms with E-state index in [1.54, 1.807) is 7.11 Å². The molecule has 0 amide bonds. The molecule has 1 fully saturated rings. The Hall–Kier alpha value is -3.38. The number of likely N-dealkylation sites (tertiary alicyclic amines) is 1. The number of nitrogens with one attached hydrogen (secondary N) is 2. The molecule has 0 spiro atoms. The Labute approximate surface area is 195 Å². The van der Waals surface area contributed by atoms with E-state index < -0.39 is 0 Å². The molecule has 3 heterocycles. The summed E-state index contributed by atoms with van der Waals surface area (Å²) >= 11 is 0. The van der Waals surface area contributed by atoms with Crippen LogP contribution < -0.4 is 10.1 Å². The highest BCUT2D eigenvalue weighted by molar-refractivity contribution is 5.97. The van der Waals surface area contributed by atoms with E-state index in [0.29, 0.717) is 11.8 Å². The number of aromatic nitrogens is 3. The van der Waals surface area contributed by atoms with E-state index in [9.17, 15) is 0 Å². The zero-order valence-electron chi connectivity index (χ0n) is 19.6. The normalized spacial score (nSPS) is 15.1. The second-order valence-electron chi connectivity index (χ2n) is 9.13. The van der Waals surface area contributed by atoms with Gasteiger partial charge in [0.05, 0.1) is 12.5 Å². The molecule has 1 aliphatic rings. The van der Waals surface area contributed by atoms with E-state index in [1.807, 2.05) is 6.20 Å². The summed E-state index contributed by atoms with van der Waals surface area (Å²) in [6, 6.07) is 16.9. The fraction of sp³-hybridized carbons (Fsp3) is 0.333. The Morgan fingerprint density at radius 1 is 1.09 bits per heavy atom. The van der Waals surface area contributed by atoms with Crippen LogP contribution in [0.4, 0.5) is 11.6 Å². The smallest absolute Gasteiger partial charge is 0.232 e. The number of nitrogens with zero attached hydrogens (tertiary/aromatic N) is 3. The Morgan fingerprint density at radius 2 is 1.88 bits per heavy atom. The molecule has 0 aliphatic carbocycles. The predicted octanol–water partition coefficient (Wildman–Crippen LogP) is 5.92. The van der Waals surface area contributed by atoms with Gasteiger partial charge in [0.25, 0.3) is 0 Å². The summed E-state index contributed by atoms with van der Waals surface area (Å²) in [5, 5.41) is 4.22. The third kappa shape index (κ3) is 4.71. The van der Waals surface area contributed by atoms with E-state index in [4.69, 9.17) is 9.72 Å². The highest BCUT2D eigenvalue weighted by Crippen LogP contribution is 2.35. The van der Waals surface area contributed by atoms with E-state index in [0.717, 1.165) is 40.3 Å². The van der Waals surface area contributed by atoms with Gasteiger partial charge in [-0.2, -0.15) is 9.97 Å². The van der Waals surface area contributed by atoms with Crippen LogP contribution in [0.2, 0.25) is 0 Å². The van der Waals surface area contributed by atoms with Crippen molar-refractivity contribution in [2.75, 3.05) is 25.5 Å². The van der Waals surface area contributed by atoms with Crippen molar-refractivity contribution in [3.05, 3.63) is 65.9 Å². The number of methoxy groups -OCH3 is 1. The van der Waals surface area contributed by atoms with E-state index in [2.05, 4.69) is 82.6 Å². The predicted molar refractivity (Wildman–Crippen MR) is 134 cm³/mol. The number of anilines is 2. The topological polar surface area (TPSA) is 66.1 Å². The van der Waals surface area contributed by atoms with Crippen molar-refractivity contribution in [2.24, 2.45) is 5.92 Å². The number of aryl methyl sites for hydroxylation is 1. The van der Waals surface area contributed by atoms with Gasteiger partial charge in [0, 0.05) is 24.0 Å². The zero-order valence-corrected chi connectivity index (χ0v) is 19.6. The monoisotopic (exact) mass is 441 g/mol. The lowest BCUT2D eigenvalue weighted by molar-refractivity contribution is 0.185. The first-order chi connectivity index (χ1) is 16.1. The highest BCUT2D eigenvalue weighted by atomic mass is 16.5. The van der Waals surface area contributed by atoms with Gasteiger partial charge in [0.2, 0.25) is 11.8 Å². The molecule has 170 valence electrons. The van der Waals surface area contributed by atoms with Crippen molar-refractivity contribution in [3.8, 4) is 17.0 Å². The second kappa shape index (κ2) is 9.24. The summed E-state index contributed by atoms with van der Waals surface area (Å²) in [5.74, 6) is 1.92. The molecule has 0 unspecified atom stereocenters. The van der Waals surface area contributed by atoms with E-state index in [1.165, 1.54) is 37.1 Å². The molecule has 1 aliphatic heterocycles. The molecule has 0 radical (unpaired) electrons. The minimum absolute atomic E-state index is 0.509. The van der Waals surface area contributed by atoms with E-state index in [-0.39, 0.29) is 0 Å². The summed E-state index contributed by atoms with van der Waals surface area (Å²) in [4.78, 5) is 15.2. The number of hydrogen-bond acceptors (Lipinski definition) is 5. The average Bonchev–Trinajstić information content (AvgIpc) is 3.25. The maximum absolute atomic E-state index is 5.65. The molecule has 33 heavy (non-hydrogen) atoms. The summed E-state index contributed by atoms with van der Waals surface area (Å²) in [6.07, 6.45) is 4.56. The van der Waals surface area contributed by atoms with E-state index >= 15 is 0 Å². The third-order valence-electron chi connectivity index (χ3n) is 6.51. The van der Waals surface area contributed by atoms with Gasteiger partial charge < -0.3 is 15.0 Å². The first-order valence-electron chi connectivity index (χ1n) is 11.7. The lowest BCUT2D eigenvalue weighted by Crippen LogP contribution is -2.32. The van der Waals surface area contributed by atoms with Crippen LogP contribution in [0.25, 0.3) is 22.2 Å². The molecule has 0 bridgehead atoms. The highest BCUT2D eigenvalue weighted by Gasteiger charge is 2.17. The first kappa shape index (κ1) is 21.5. The first-order valence-corrected chi connectivity index (χ1v) is 11.7. The maximum atomic E-state index is 5.65. The molecule has 2 N–H and O–H groups in total. The minimum Gasteiger partial charge on any atom is -0.480 e. The Kier molecular flexibility index (Phi) is 6.01. The van der Waals surface area contributed by atoms with Crippen molar-refractivity contribution in [2.45, 2.75) is 33.2 Å². The number of ether oxygens (including phenoxy) is 1. The van der Waals surface area contributed by atoms with Crippen molar-refractivity contribution in [3.63, 3.8) is 0 Å². The average molecular weight is 442 g/mol. The van der Waals surface area contributed by atoms with Crippen LogP contribution in [0, 0.1) is 12.8 Å². The Morgan fingerprint density at radius 3 is 2.61 bits per heavy atom. The van der Waals surface area contributed by atoms with Crippen LogP contribution in [0.15, 0.2) is 54.7 Å². The molecular formula is C27H31N5O. The zero-order chi connectivity index (χ0) is 22.8. The van der Waals surface area contributed by atoms with Crippen LogP contribution in [0.5, 0.6) is 5.88 Å². The minimum atomic E-state index is 0.509. The number of H-pyrrole nitrogens is 1. The Balaban J connectivity index is 1.35. The van der Waals surface area contributed by atoms with Crippen molar-refractivity contribution < 1.29 is 4.74 Å². The number of rotatable bonds is 6. The van der Waals surface area contributed by atoms with Crippen molar-refractivity contribution >= 4 is 22.7 Å². The van der Waals surface area contributed by atoms with Gasteiger partial charge in [-0.05, 0) is 62.0 Å². The molecule has 1 saturated heterocycles. The van der Waals surface area contributed by atoms with Gasteiger partial charge in [-0.25, -0.2) is 0 Å². The van der Waals surface area contributed by atoms with Gasteiger partial charge in [0.15, 0.2) is 0 Å². The van der Waals surface area contributed by atoms with Gasteiger partial charge in [-0.3, -0.25) is 4.90 Å². The molecule has 2 aromatic carbocycles. The lowest BCUT2D eigenvalue weighted by atomic mass is 9.99. The van der Waals surface area contributed by atoms with Gasteiger partial charge >= 0.3 is 0 Å². The number of piperidine rings is 1. The summed E-state index contributed by atoms with van der Waals surface area (Å²) in [5.41, 5.74) is 6.39. The molecule has 2 aromatic heterocycles. The van der Waals surface area contributed by atoms with Crippen molar-refractivity contribution in [1.29, 1.82) is 0 Å². The van der Waals surface area contributed by atoms with Crippen LogP contribution in [-0.4, -0.2) is 40.1 Å². The van der Waals surface area contributed by atoms with Crippen LogP contribution >= 0.6 is 0 Å². The summed E-state index contributed by atoms with van der Waals surface area (Å²) in [7, 11) is 1.65. The van der Waals surface area contributed by atoms with Crippen molar-refractivity contribution in [1.82, 2.24) is 19.9 Å². The lowest BCUT2D eigenvalue weighted by Gasteiger charge is -2.30. The molecule has 5 rings (SSSR count). The van der Waals surface area contributed by atoms with Gasteiger partial charge in [-0.15, -0.1) is 0 Å². The van der Waals surface area contributed by atoms with Crippen LogP contribution in [0.1, 0.15) is 30.9 Å². The third-order valence-corrected chi connectivity index (χ3v) is 6.51. The number of benzene rings is 2. The molecule has 6 nitrogen and oxygen atoms in total. The fourth-order valence-electron chi connectivity index (χ4n) is 4.54. The Bertz CT molecular complexity index is 1240. The fourth-order valence-corrected chi connectivity index (χ4v) is 4.54. The molecular weight excluding hydrogens is 410 g/mol. The number of fused-ring (bicyclic) bond motifs is 1. The molecule has 6 heteroatoms. The molecule has 4 aromatic rings.